The molecule has 1 aromatic rings. The van der Waals surface area contributed by atoms with Gasteiger partial charge in [-0.3, -0.25) is 0 Å². The van der Waals surface area contributed by atoms with Crippen LogP contribution in [0.5, 0.6) is 5.75 Å². The van der Waals surface area contributed by atoms with Crippen LogP contribution in [-0.2, 0) is 0 Å². The molecule has 96 valence electrons. The quantitative estimate of drug-likeness (QED) is 0.758. The van der Waals surface area contributed by atoms with Crippen LogP contribution in [0.1, 0.15) is 24.9 Å². The number of hydrogen-bond donors (Lipinski definition) is 1. The van der Waals surface area contributed by atoms with E-state index in [9.17, 15) is 4.39 Å². The standard InChI is InChI=1S/C13H20FNOS/c1-4-7-17-9-12(15-2)10-5-6-13(16-3)11(14)8-10/h5-6,8,12,15H,4,7,9H2,1-3H3. The Morgan fingerprint density at radius 3 is 2.76 bits per heavy atom. The lowest BCUT2D eigenvalue weighted by Gasteiger charge is -2.16. The average Bonchev–Trinajstić information content (AvgIpc) is 2.35. The van der Waals surface area contributed by atoms with Gasteiger partial charge in [-0.15, -0.1) is 0 Å². The second-order valence-electron chi connectivity index (χ2n) is 3.81. The number of nitrogens with one attached hydrogen (secondary N) is 1. The number of rotatable bonds is 7. The predicted molar refractivity (Wildman–Crippen MR) is 72.4 cm³/mol. The van der Waals surface area contributed by atoms with E-state index in [1.165, 1.54) is 7.11 Å². The lowest BCUT2D eigenvalue weighted by atomic mass is 10.1. The summed E-state index contributed by atoms with van der Waals surface area (Å²) in [6, 6.07) is 5.33. The Balaban J connectivity index is 2.71. The fourth-order valence-corrected chi connectivity index (χ4v) is 2.64. The van der Waals surface area contributed by atoms with E-state index in [2.05, 4.69) is 12.2 Å². The highest BCUT2D eigenvalue weighted by Crippen LogP contribution is 2.24. The van der Waals surface area contributed by atoms with Gasteiger partial charge in [-0.05, 0) is 36.9 Å². The van der Waals surface area contributed by atoms with Crippen molar-refractivity contribution in [3.05, 3.63) is 29.6 Å². The van der Waals surface area contributed by atoms with Crippen molar-refractivity contribution < 1.29 is 9.13 Å². The molecule has 0 saturated carbocycles. The summed E-state index contributed by atoms with van der Waals surface area (Å²) in [5.74, 6) is 2.09. The van der Waals surface area contributed by atoms with Gasteiger partial charge in [-0.2, -0.15) is 11.8 Å². The summed E-state index contributed by atoms with van der Waals surface area (Å²) < 4.78 is 18.5. The third-order valence-electron chi connectivity index (χ3n) is 2.56. The average molecular weight is 257 g/mol. The van der Waals surface area contributed by atoms with E-state index in [1.54, 1.807) is 12.1 Å². The fraction of sp³-hybridized carbons (Fsp3) is 0.538. The summed E-state index contributed by atoms with van der Waals surface area (Å²) in [7, 11) is 3.38. The molecule has 0 fully saturated rings. The van der Waals surface area contributed by atoms with Gasteiger partial charge in [-0.1, -0.05) is 13.0 Å². The van der Waals surface area contributed by atoms with Gasteiger partial charge in [0.1, 0.15) is 0 Å². The van der Waals surface area contributed by atoms with Crippen LogP contribution in [-0.4, -0.2) is 25.7 Å². The molecule has 0 spiro atoms. The molecule has 0 aromatic heterocycles. The molecule has 1 aromatic carbocycles. The zero-order valence-corrected chi connectivity index (χ0v) is 11.4. The molecule has 0 amide bonds. The molecule has 1 rings (SSSR count). The summed E-state index contributed by atoms with van der Waals surface area (Å²) in [5, 5.41) is 3.21. The van der Waals surface area contributed by atoms with E-state index >= 15 is 0 Å². The number of benzene rings is 1. The molecule has 0 heterocycles. The van der Waals surface area contributed by atoms with E-state index in [0.717, 1.165) is 23.5 Å². The van der Waals surface area contributed by atoms with Gasteiger partial charge in [0.2, 0.25) is 0 Å². The lowest BCUT2D eigenvalue weighted by molar-refractivity contribution is 0.385. The van der Waals surface area contributed by atoms with Crippen LogP contribution >= 0.6 is 11.8 Å². The Bertz CT molecular complexity index is 346. The van der Waals surface area contributed by atoms with Gasteiger partial charge in [-0.25, -0.2) is 4.39 Å². The summed E-state index contributed by atoms with van der Waals surface area (Å²) in [6.45, 7) is 2.16. The Morgan fingerprint density at radius 2 is 2.24 bits per heavy atom. The van der Waals surface area contributed by atoms with Crippen LogP contribution in [0.25, 0.3) is 0 Å². The largest absolute Gasteiger partial charge is 0.494 e. The highest BCUT2D eigenvalue weighted by molar-refractivity contribution is 7.99. The molecular weight excluding hydrogens is 237 g/mol. The fourth-order valence-electron chi connectivity index (χ4n) is 1.59. The van der Waals surface area contributed by atoms with Crippen molar-refractivity contribution in [3.8, 4) is 5.75 Å². The zero-order chi connectivity index (χ0) is 12.7. The van der Waals surface area contributed by atoms with E-state index in [1.807, 2.05) is 24.9 Å². The highest BCUT2D eigenvalue weighted by Gasteiger charge is 2.12. The molecule has 1 N–H and O–H groups in total. The van der Waals surface area contributed by atoms with Crippen LogP contribution in [0.2, 0.25) is 0 Å². The van der Waals surface area contributed by atoms with Crippen molar-refractivity contribution in [1.29, 1.82) is 0 Å². The number of ether oxygens (including phenoxy) is 1. The smallest absolute Gasteiger partial charge is 0.165 e. The molecule has 4 heteroatoms. The van der Waals surface area contributed by atoms with E-state index < -0.39 is 0 Å². The lowest BCUT2D eigenvalue weighted by Crippen LogP contribution is -2.19. The normalized spacial score (nSPS) is 12.5. The van der Waals surface area contributed by atoms with E-state index in [-0.39, 0.29) is 11.9 Å². The van der Waals surface area contributed by atoms with E-state index in [0.29, 0.717) is 5.75 Å². The maximum Gasteiger partial charge on any atom is 0.165 e. The number of methoxy groups -OCH3 is 1. The van der Waals surface area contributed by atoms with Crippen molar-refractivity contribution >= 4 is 11.8 Å². The predicted octanol–water partition coefficient (Wildman–Crippen LogP) is 3.24. The maximum atomic E-state index is 13.6. The van der Waals surface area contributed by atoms with Crippen molar-refractivity contribution in [3.63, 3.8) is 0 Å². The summed E-state index contributed by atoms with van der Waals surface area (Å²) in [5.41, 5.74) is 0.967. The first-order chi connectivity index (χ1) is 8.22. The minimum atomic E-state index is -0.300. The molecule has 17 heavy (non-hydrogen) atoms. The topological polar surface area (TPSA) is 21.3 Å². The first kappa shape index (κ1) is 14.3. The molecule has 2 nitrogen and oxygen atoms in total. The molecule has 0 saturated heterocycles. The van der Waals surface area contributed by atoms with Crippen LogP contribution < -0.4 is 10.1 Å². The van der Waals surface area contributed by atoms with Gasteiger partial charge in [0.25, 0.3) is 0 Å². The minimum absolute atomic E-state index is 0.187. The van der Waals surface area contributed by atoms with Gasteiger partial charge >= 0.3 is 0 Å². The Kier molecular flexibility index (Phi) is 6.37. The van der Waals surface area contributed by atoms with Crippen LogP contribution in [0.15, 0.2) is 18.2 Å². The van der Waals surface area contributed by atoms with Crippen molar-refractivity contribution in [2.75, 3.05) is 25.7 Å². The zero-order valence-electron chi connectivity index (χ0n) is 10.6. The Morgan fingerprint density at radius 1 is 1.47 bits per heavy atom. The SMILES string of the molecule is CCCSCC(NC)c1ccc(OC)c(F)c1. The van der Waals surface area contributed by atoms with Crippen molar-refractivity contribution in [1.82, 2.24) is 5.32 Å². The van der Waals surface area contributed by atoms with Gasteiger partial charge in [0.05, 0.1) is 7.11 Å². The molecule has 0 aliphatic carbocycles. The van der Waals surface area contributed by atoms with Crippen molar-refractivity contribution in [2.24, 2.45) is 0 Å². The number of hydrogen-bond acceptors (Lipinski definition) is 3. The maximum absolute atomic E-state index is 13.6. The molecule has 0 radical (unpaired) electrons. The Labute approximate surface area is 107 Å². The molecule has 0 aliphatic heterocycles. The van der Waals surface area contributed by atoms with E-state index in [4.69, 9.17) is 4.74 Å². The summed E-state index contributed by atoms with van der Waals surface area (Å²) in [4.78, 5) is 0. The Hall–Kier alpha value is -0.740. The van der Waals surface area contributed by atoms with Gasteiger partial charge < -0.3 is 10.1 Å². The molecular formula is C13H20FNOS. The first-order valence-corrected chi connectivity index (χ1v) is 6.96. The van der Waals surface area contributed by atoms with Gasteiger partial charge in [0, 0.05) is 11.8 Å². The monoisotopic (exact) mass is 257 g/mol. The third kappa shape index (κ3) is 4.21. The molecule has 1 unspecified atom stereocenters. The third-order valence-corrected chi connectivity index (χ3v) is 3.83. The second kappa shape index (κ2) is 7.56. The van der Waals surface area contributed by atoms with Crippen LogP contribution in [0.4, 0.5) is 4.39 Å². The first-order valence-electron chi connectivity index (χ1n) is 5.81. The van der Waals surface area contributed by atoms with Crippen LogP contribution in [0.3, 0.4) is 0 Å². The number of thioether (sulfide) groups is 1. The molecule has 0 bridgehead atoms. The second-order valence-corrected chi connectivity index (χ2v) is 4.96. The minimum Gasteiger partial charge on any atom is -0.494 e. The number of halogens is 1. The summed E-state index contributed by atoms with van der Waals surface area (Å²) >= 11 is 1.88. The van der Waals surface area contributed by atoms with Crippen molar-refractivity contribution in [2.45, 2.75) is 19.4 Å². The summed E-state index contributed by atoms with van der Waals surface area (Å²) in [6.07, 6.45) is 1.16. The highest BCUT2D eigenvalue weighted by atomic mass is 32.2. The molecule has 1 atom stereocenters. The molecule has 0 aliphatic rings. The van der Waals surface area contributed by atoms with Gasteiger partial charge in [0.15, 0.2) is 11.6 Å². The van der Waals surface area contributed by atoms with Crippen LogP contribution in [0, 0.1) is 5.82 Å².